The predicted molar refractivity (Wildman–Crippen MR) is 53.2 cm³/mol. The van der Waals surface area contributed by atoms with Crippen LogP contribution in [0.4, 0.5) is 0 Å². The molecule has 5 nitrogen and oxygen atoms in total. The molecule has 0 saturated carbocycles. The molecule has 0 aliphatic heterocycles. The quantitative estimate of drug-likeness (QED) is 0.359. The van der Waals surface area contributed by atoms with E-state index in [0.29, 0.717) is 19.6 Å². The first-order valence-electron chi connectivity index (χ1n) is 4.90. The predicted octanol–water partition coefficient (Wildman–Crippen LogP) is 0.765. The molecule has 0 aromatic carbocycles. The van der Waals surface area contributed by atoms with Crippen LogP contribution < -0.4 is 0 Å². The zero-order valence-corrected chi connectivity index (χ0v) is 9.45. The molecule has 88 valence electrons. The normalized spacial score (nSPS) is 10.1. The van der Waals surface area contributed by atoms with Gasteiger partial charge in [-0.25, -0.2) is 0 Å². The summed E-state index contributed by atoms with van der Waals surface area (Å²) >= 11 is 0. The first kappa shape index (κ1) is 13.9. The fourth-order valence-electron chi connectivity index (χ4n) is 1.06. The van der Waals surface area contributed by atoms with E-state index in [1.165, 1.54) is 14.2 Å². The number of hydrogen-bond donors (Lipinski definition) is 0. The van der Waals surface area contributed by atoms with E-state index in [1.807, 2.05) is 6.92 Å². The van der Waals surface area contributed by atoms with E-state index in [1.54, 1.807) is 0 Å². The standard InChI is InChI=1S/C10H18O5/c1-4-6-15-7-5-8(9(11)13-2)10(12)14-3/h8H,4-7H2,1-3H3. The number of carbonyl (C=O) groups excluding carboxylic acids is 2. The van der Waals surface area contributed by atoms with Crippen molar-refractivity contribution in [1.82, 2.24) is 0 Å². The summed E-state index contributed by atoms with van der Waals surface area (Å²) in [5, 5.41) is 0. The van der Waals surface area contributed by atoms with Gasteiger partial charge in [-0.3, -0.25) is 9.59 Å². The van der Waals surface area contributed by atoms with E-state index in [4.69, 9.17) is 4.74 Å². The largest absolute Gasteiger partial charge is 0.468 e. The highest BCUT2D eigenvalue weighted by atomic mass is 16.5. The van der Waals surface area contributed by atoms with Gasteiger partial charge in [0.05, 0.1) is 14.2 Å². The van der Waals surface area contributed by atoms with Gasteiger partial charge in [-0.05, 0) is 12.8 Å². The van der Waals surface area contributed by atoms with Crippen LogP contribution in [0.5, 0.6) is 0 Å². The Morgan fingerprint density at radius 3 is 2.00 bits per heavy atom. The number of ether oxygens (including phenoxy) is 3. The van der Waals surface area contributed by atoms with Crippen molar-refractivity contribution in [2.75, 3.05) is 27.4 Å². The Kier molecular flexibility index (Phi) is 7.62. The highest BCUT2D eigenvalue weighted by molar-refractivity contribution is 5.94. The Morgan fingerprint density at radius 2 is 1.60 bits per heavy atom. The maximum atomic E-state index is 11.2. The lowest BCUT2D eigenvalue weighted by molar-refractivity contribution is -0.159. The van der Waals surface area contributed by atoms with Gasteiger partial charge in [-0.15, -0.1) is 0 Å². The number of esters is 2. The third-order valence-electron chi connectivity index (χ3n) is 1.87. The lowest BCUT2D eigenvalue weighted by atomic mass is 10.1. The molecule has 0 N–H and O–H groups in total. The molecule has 0 spiro atoms. The molecule has 0 radical (unpaired) electrons. The Hall–Kier alpha value is -1.10. The zero-order valence-electron chi connectivity index (χ0n) is 9.45. The summed E-state index contributed by atoms with van der Waals surface area (Å²) in [5.41, 5.74) is 0. The summed E-state index contributed by atoms with van der Waals surface area (Å²) in [7, 11) is 2.48. The van der Waals surface area contributed by atoms with Crippen LogP contribution in [-0.2, 0) is 23.8 Å². The van der Waals surface area contributed by atoms with Crippen LogP contribution in [0.25, 0.3) is 0 Å². The lowest BCUT2D eigenvalue weighted by Gasteiger charge is -2.11. The molecule has 0 aromatic rings. The maximum Gasteiger partial charge on any atom is 0.320 e. The zero-order chi connectivity index (χ0) is 11.7. The number of methoxy groups -OCH3 is 2. The van der Waals surface area contributed by atoms with Gasteiger partial charge in [-0.1, -0.05) is 6.92 Å². The van der Waals surface area contributed by atoms with Crippen molar-refractivity contribution in [2.45, 2.75) is 19.8 Å². The number of rotatable bonds is 7. The van der Waals surface area contributed by atoms with Crippen molar-refractivity contribution < 1.29 is 23.8 Å². The topological polar surface area (TPSA) is 61.8 Å². The van der Waals surface area contributed by atoms with Gasteiger partial charge in [0.25, 0.3) is 0 Å². The van der Waals surface area contributed by atoms with Gasteiger partial charge >= 0.3 is 11.9 Å². The lowest BCUT2D eigenvalue weighted by Crippen LogP contribution is -2.27. The van der Waals surface area contributed by atoms with E-state index in [9.17, 15) is 9.59 Å². The molecule has 0 aliphatic carbocycles. The fraction of sp³-hybridized carbons (Fsp3) is 0.800. The van der Waals surface area contributed by atoms with E-state index in [-0.39, 0.29) is 0 Å². The summed E-state index contributed by atoms with van der Waals surface area (Å²) in [6.07, 6.45) is 1.19. The van der Waals surface area contributed by atoms with Crippen LogP contribution in [0.1, 0.15) is 19.8 Å². The molecule has 0 aromatic heterocycles. The molecule has 0 atom stereocenters. The second-order valence-corrected chi connectivity index (χ2v) is 3.00. The van der Waals surface area contributed by atoms with Crippen LogP contribution in [0.3, 0.4) is 0 Å². The minimum absolute atomic E-state index is 0.291. The van der Waals surface area contributed by atoms with Gasteiger partial charge in [0, 0.05) is 13.2 Å². The SMILES string of the molecule is CCCOCCC(C(=O)OC)C(=O)OC. The van der Waals surface area contributed by atoms with Gasteiger partial charge in [0.2, 0.25) is 0 Å². The Morgan fingerprint density at radius 1 is 1.07 bits per heavy atom. The summed E-state index contributed by atoms with van der Waals surface area (Å²) in [6, 6.07) is 0. The highest BCUT2D eigenvalue weighted by Gasteiger charge is 2.27. The van der Waals surface area contributed by atoms with Gasteiger partial charge in [0.15, 0.2) is 5.92 Å². The molecule has 0 amide bonds. The average Bonchev–Trinajstić information content (AvgIpc) is 2.27. The monoisotopic (exact) mass is 218 g/mol. The molecule has 0 rings (SSSR count). The molecule has 0 saturated heterocycles. The molecule has 0 aliphatic rings. The molecule has 15 heavy (non-hydrogen) atoms. The Balaban J connectivity index is 4.02. The van der Waals surface area contributed by atoms with Crippen LogP contribution in [-0.4, -0.2) is 39.4 Å². The van der Waals surface area contributed by atoms with Crippen molar-refractivity contribution in [3.8, 4) is 0 Å². The van der Waals surface area contributed by atoms with Crippen molar-refractivity contribution >= 4 is 11.9 Å². The van der Waals surface area contributed by atoms with Crippen molar-refractivity contribution in [1.29, 1.82) is 0 Å². The fourth-order valence-corrected chi connectivity index (χ4v) is 1.06. The third kappa shape index (κ3) is 5.37. The van der Waals surface area contributed by atoms with Crippen LogP contribution in [0.2, 0.25) is 0 Å². The average molecular weight is 218 g/mol. The molecule has 0 fully saturated rings. The third-order valence-corrected chi connectivity index (χ3v) is 1.87. The van der Waals surface area contributed by atoms with E-state index in [2.05, 4.69) is 9.47 Å². The first-order valence-corrected chi connectivity index (χ1v) is 4.90. The smallest absolute Gasteiger partial charge is 0.320 e. The second kappa shape index (κ2) is 8.23. The minimum atomic E-state index is -0.878. The number of hydrogen-bond acceptors (Lipinski definition) is 5. The molecule has 0 bridgehead atoms. The molecule has 0 heterocycles. The highest BCUT2D eigenvalue weighted by Crippen LogP contribution is 2.08. The Labute approximate surface area is 89.7 Å². The summed E-state index contributed by atoms with van der Waals surface area (Å²) in [6.45, 7) is 2.95. The molecule has 0 unspecified atom stereocenters. The van der Waals surface area contributed by atoms with Crippen LogP contribution >= 0.6 is 0 Å². The van der Waals surface area contributed by atoms with Gasteiger partial charge in [-0.2, -0.15) is 0 Å². The van der Waals surface area contributed by atoms with Crippen molar-refractivity contribution in [3.63, 3.8) is 0 Å². The van der Waals surface area contributed by atoms with E-state index < -0.39 is 17.9 Å². The van der Waals surface area contributed by atoms with Crippen molar-refractivity contribution in [3.05, 3.63) is 0 Å². The minimum Gasteiger partial charge on any atom is -0.468 e. The summed E-state index contributed by atoms with van der Waals surface area (Å²) in [4.78, 5) is 22.4. The van der Waals surface area contributed by atoms with Crippen LogP contribution in [0, 0.1) is 5.92 Å². The van der Waals surface area contributed by atoms with E-state index >= 15 is 0 Å². The molecular weight excluding hydrogens is 200 g/mol. The number of carbonyl (C=O) groups is 2. The second-order valence-electron chi connectivity index (χ2n) is 3.00. The first-order chi connectivity index (χ1) is 7.17. The van der Waals surface area contributed by atoms with E-state index in [0.717, 1.165) is 6.42 Å². The molecule has 5 heteroatoms. The summed E-state index contributed by atoms with van der Waals surface area (Å²) < 4.78 is 14.2. The van der Waals surface area contributed by atoms with Gasteiger partial charge in [0.1, 0.15) is 0 Å². The van der Waals surface area contributed by atoms with Crippen LogP contribution in [0.15, 0.2) is 0 Å². The molecular formula is C10H18O5. The maximum absolute atomic E-state index is 11.2. The van der Waals surface area contributed by atoms with Crippen molar-refractivity contribution in [2.24, 2.45) is 5.92 Å². The summed E-state index contributed by atoms with van der Waals surface area (Å²) in [5.74, 6) is -2.04. The van der Waals surface area contributed by atoms with Gasteiger partial charge < -0.3 is 14.2 Å². The Bertz CT molecular complexity index is 186.